The number of halogens is 1. The molecule has 1 aliphatic rings. The molecule has 5 nitrogen and oxygen atoms in total. The van der Waals surface area contributed by atoms with Crippen molar-refractivity contribution < 1.29 is 9.53 Å². The standard InChI is InChI=1S/C9H12ClN3O2S/c1-15-9(14)6-2-3-13(4-6)5-7-8(10)16-12-11-7/h6H,2-5H2,1H3. The van der Waals surface area contributed by atoms with E-state index < -0.39 is 0 Å². The number of esters is 1. The number of ether oxygens (including phenoxy) is 1. The Hall–Kier alpha value is -0.720. The molecule has 1 fully saturated rings. The molecular formula is C9H12ClN3O2S. The zero-order valence-corrected chi connectivity index (χ0v) is 10.4. The van der Waals surface area contributed by atoms with Crippen molar-refractivity contribution in [1.29, 1.82) is 0 Å². The summed E-state index contributed by atoms with van der Waals surface area (Å²) in [6, 6.07) is 0. The number of hydrogen-bond acceptors (Lipinski definition) is 6. The van der Waals surface area contributed by atoms with E-state index in [-0.39, 0.29) is 11.9 Å². The molecule has 1 saturated heterocycles. The van der Waals surface area contributed by atoms with Crippen LogP contribution in [0.3, 0.4) is 0 Å². The number of carbonyl (C=O) groups is 1. The fraction of sp³-hybridized carbons (Fsp3) is 0.667. The molecule has 1 aromatic rings. The highest BCUT2D eigenvalue weighted by Gasteiger charge is 2.29. The lowest BCUT2D eigenvalue weighted by Gasteiger charge is -2.13. The maximum atomic E-state index is 11.3. The summed E-state index contributed by atoms with van der Waals surface area (Å²) < 4.78 is 9.13. The number of hydrogen-bond donors (Lipinski definition) is 0. The summed E-state index contributed by atoms with van der Waals surface area (Å²) in [5.41, 5.74) is 0.789. The summed E-state index contributed by atoms with van der Waals surface area (Å²) in [5, 5.41) is 3.95. The Morgan fingerprint density at radius 3 is 3.19 bits per heavy atom. The second-order valence-electron chi connectivity index (χ2n) is 3.74. The maximum absolute atomic E-state index is 11.3. The predicted octanol–water partition coefficient (Wildman–Crippen LogP) is 1.19. The van der Waals surface area contributed by atoms with Crippen molar-refractivity contribution in [2.75, 3.05) is 20.2 Å². The summed E-state index contributed by atoms with van der Waals surface area (Å²) in [6.45, 7) is 2.23. The zero-order valence-electron chi connectivity index (χ0n) is 8.85. The Morgan fingerprint density at radius 2 is 2.56 bits per heavy atom. The molecule has 1 atom stereocenters. The zero-order chi connectivity index (χ0) is 11.5. The molecule has 7 heteroatoms. The van der Waals surface area contributed by atoms with Gasteiger partial charge in [-0.05, 0) is 13.0 Å². The number of nitrogens with zero attached hydrogens (tertiary/aromatic N) is 3. The van der Waals surface area contributed by atoms with Crippen molar-refractivity contribution in [2.45, 2.75) is 13.0 Å². The van der Waals surface area contributed by atoms with Gasteiger partial charge in [-0.25, -0.2) is 0 Å². The summed E-state index contributed by atoms with van der Waals surface area (Å²) in [7, 11) is 1.42. The number of likely N-dealkylation sites (tertiary alicyclic amines) is 1. The van der Waals surface area contributed by atoms with E-state index in [0.717, 1.165) is 18.7 Å². The van der Waals surface area contributed by atoms with Gasteiger partial charge in [0, 0.05) is 24.6 Å². The minimum atomic E-state index is -0.134. The van der Waals surface area contributed by atoms with Crippen LogP contribution < -0.4 is 0 Å². The van der Waals surface area contributed by atoms with Gasteiger partial charge >= 0.3 is 5.97 Å². The fourth-order valence-electron chi connectivity index (χ4n) is 1.84. The first kappa shape index (κ1) is 11.8. The summed E-state index contributed by atoms with van der Waals surface area (Å²) in [5.74, 6) is -0.152. The van der Waals surface area contributed by atoms with Crippen LogP contribution >= 0.6 is 23.1 Å². The third kappa shape index (κ3) is 2.50. The lowest BCUT2D eigenvalue weighted by molar-refractivity contribution is -0.144. The van der Waals surface area contributed by atoms with Gasteiger partial charge in [0.05, 0.1) is 13.0 Å². The second kappa shape index (κ2) is 5.07. The molecule has 88 valence electrons. The molecule has 0 bridgehead atoms. The van der Waals surface area contributed by atoms with Crippen LogP contribution in [-0.2, 0) is 16.1 Å². The molecular weight excluding hydrogens is 250 g/mol. The van der Waals surface area contributed by atoms with Gasteiger partial charge in [-0.3, -0.25) is 9.69 Å². The van der Waals surface area contributed by atoms with Crippen molar-refractivity contribution in [3.8, 4) is 0 Å². The summed E-state index contributed by atoms with van der Waals surface area (Å²) in [4.78, 5) is 13.5. The fourth-order valence-corrected chi connectivity index (χ4v) is 2.45. The SMILES string of the molecule is COC(=O)C1CCN(Cc2nnsc2Cl)C1. The van der Waals surface area contributed by atoms with Crippen LogP contribution in [0.2, 0.25) is 4.34 Å². The molecule has 1 unspecified atom stereocenters. The Kier molecular flexibility index (Phi) is 3.73. The number of aromatic nitrogens is 2. The lowest BCUT2D eigenvalue weighted by atomic mass is 10.1. The van der Waals surface area contributed by atoms with Gasteiger partial charge in [-0.1, -0.05) is 16.1 Å². The molecule has 0 amide bonds. The first-order chi connectivity index (χ1) is 7.70. The van der Waals surface area contributed by atoms with E-state index in [2.05, 4.69) is 14.5 Å². The van der Waals surface area contributed by atoms with E-state index in [1.54, 1.807) is 0 Å². The highest BCUT2D eigenvalue weighted by Crippen LogP contribution is 2.23. The smallest absolute Gasteiger partial charge is 0.310 e. The van der Waals surface area contributed by atoms with E-state index in [0.29, 0.717) is 17.4 Å². The van der Waals surface area contributed by atoms with Crippen LogP contribution in [0.4, 0.5) is 0 Å². The van der Waals surface area contributed by atoms with Crippen molar-refractivity contribution in [3.63, 3.8) is 0 Å². The van der Waals surface area contributed by atoms with E-state index in [4.69, 9.17) is 16.3 Å². The Labute approximate surface area is 103 Å². The molecule has 0 saturated carbocycles. The minimum absolute atomic E-state index is 0.0182. The van der Waals surface area contributed by atoms with Gasteiger partial charge in [-0.2, -0.15) is 0 Å². The lowest BCUT2D eigenvalue weighted by Crippen LogP contribution is -2.23. The third-order valence-corrected chi connectivity index (χ3v) is 3.67. The number of rotatable bonds is 3. The predicted molar refractivity (Wildman–Crippen MR) is 60.3 cm³/mol. The number of methoxy groups -OCH3 is 1. The van der Waals surface area contributed by atoms with Gasteiger partial charge in [0.15, 0.2) is 0 Å². The van der Waals surface area contributed by atoms with Crippen LogP contribution in [0.15, 0.2) is 0 Å². The first-order valence-electron chi connectivity index (χ1n) is 4.97. The van der Waals surface area contributed by atoms with Crippen molar-refractivity contribution >= 4 is 29.1 Å². The average Bonchev–Trinajstić information content (AvgIpc) is 2.89. The third-order valence-electron chi connectivity index (χ3n) is 2.69. The highest BCUT2D eigenvalue weighted by molar-refractivity contribution is 7.10. The van der Waals surface area contributed by atoms with Crippen LogP contribution in [0.25, 0.3) is 0 Å². The average molecular weight is 262 g/mol. The molecule has 1 aromatic heterocycles. The van der Waals surface area contributed by atoms with Crippen molar-refractivity contribution in [2.24, 2.45) is 5.92 Å². The van der Waals surface area contributed by atoms with Gasteiger partial charge in [0.1, 0.15) is 10.0 Å². The first-order valence-corrected chi connectivity index (χ1v) is 6.12. The quantitative estimate of drug-likeness (QED) is 0.765. The van der Waals surface area contributed by atoms with E-state index in [9.17, 15) is 4.79 Å². The Bertz CT molecular complexity index is 385. The topological polar surface area (TPSA) is 55.3 Å². The van der Waals surface area contributed by atoms with Crippen LogP contribution in [0.5, 0.6) is 0 Å². The van der Waals surface area contributed by atoms with Crippen LogP contribution in [0.1, 0.15) is 12.1 Å². The summed E-state index contributed by atoms with van der Waals surface area (Å²) in [6.07, 6.45) is 0.835. The summed E-state index contributed by atoms with van der Waals surface area (Å²) >= 11 is 7.11. The molecule has 2 heterocycles. The van der Waals surface area contributed by atoms with Crippen molar-refractivity contribution in [1.82, 2.24) is 14.5 Å². The largest absolute Gasteiger partial charge is 0.469 e. The van der Waals surface area contributed by atoms with E-state index in [1.807, 2.05) is 0 Å². The molecule has 0 spiro atoms. The molecule has 0 N–H and O–H groups in total. The second-order valence-corrected chi connectivity index (χ2v) is 5.09. The molecule has 1 aliphatic heterocycles. The van der Waals surface area contributed by atoms with Crippen LogP contribution in [0, 0.1) is 5.92 Å². The molecule has 2 rings (SSSR count). The van der Waals surface area contributed by atoms with Crippen molar-refractivity contribution in [3.05, 3.63) is 10.0 Å². The monoisotopic (exact) mass is 261 g/mol. The molecule has 16 heavy (non-hydrogen) atoms. The van der Waals surface area contributed by atoms with E-state index in [1.165, 1.54) is 18.6 Å². The van der Waals surface area contributed by atoms with Gasteiger partial charge in [0.2, 0.25) is 0 Å². The van der Waals surface area contributed by atoms with Gasteiger partial charge in [0.25, 0.3) is 0 Å². The Morgan fingerprint density at radius 1 is 1.75 bits per heavy atom. The Balaban J connectivity index is 1.90. The molecule has 0 radical (unpaired) electrons. The van der Waals surface area contributed by atoms with E-state index >= 15 is 0 Å². The normalized spacial score (nSPS) is 21.2. The van der Waals surface area contributed by atoms with Gasteiger partial charge < -0.3 is 4.74 Å². The highest BCUT2D eigenvalue weighted by atomic mass is 35.5. The minimum Gasteiger partial charge on any atom is -0.469 e. The van der Waals surface area contributed by atoms with Gasteiger partial charge in [-0.15, -0.1) is 5.10 Å². The maximum Gasteiger partial charge on any atom is 0.310 e. The van der Waals surface area contributed by atoms with Crippen LogP contribution in [-0.4, -0.2) is 40.7 Å². The molecule has 0 aromatic carbocycles. The number of carbonyl (C=O) groups excluding carboxylic acids is 1. The molecule has 0 aliphatic carbocycles.